The Labute approximate surface area is 143 Å². The Hall–Kier alpha value is -2.86. The lowest BCUT2D eigenvalue weighted by molar-refractivity contribution is -0.129. The average Bonchev–Trinajstić information content (AvgIpc) is 2.55. The molecular formula is C18H26N2O4. The lowest BCUT2D eigenvalue weighted by Gasteiger charge is -2.01. The number of anilines is 2. The molecule has 0 aromatic heterocycles. The maximum Gasteiger partial charge on any atom is 0.293 e. The van der Waals surface area contributed by atoms with Gasteiger partial charge in [0.25, 0.3) is 6.47 Å². The molecule has 0 spiro atoms. The third kappa shape index (κ3) is 15.5. The van der Waals surface area contributed by atoms with Crippen LogP contribution in [0.5, 0.6) is 0 Å². The zero-order chi connectivity index (χ0) is 17.3. The number of hydrogen-bond acceptors (Lipinski definition) is 5. The molecule has 2 aromatic carbocycles. The van der Waals surface area contributed by atoms with E-state index in [9.17, 15) is 9.59 Å². The van der Waals surface area contributed by atoms with E-state index in [0.717, 1.165) is 5.69 Å². The second-order valence-electron chi connectivity index (χ2n) is 4.15. The van der Waals surface area contributed by atoms with Gasteiger partial charge < -0.3 is 20.9 Å². The van der Waals surface area contributed by atoms with Crippen LogP contribution in [0.4, 0.5) is 11.4 Å². The third-order valence-electron chi connectivity index (χ3n) is 2.15. The zero-order valence-corrected chi connectivity index (χ0v) is 13.0. The van der Waals surface area contributed by atoms with Crippen LogP contribution in [-0.2, 0) is 14.3 Å². The first-order valence-electron chi connectivity index (χ1n) is 6.89. The highest BCUT2D eigenvalue weighted by Crippen LogP contribution is 2.10. The summed E-state index contributed by atoms with van der Waals surface area (Å²) in [6.07, 6.45) is 0. The van der Waals surface area contributed by atoms with Gasteiger partial charge in [-0.15, -0.1) is 0 Å². The fourth-order valence-electron chi connectivity index (χ4n) is 1.31. The van der Waals surface area contributed by atoms with Crippen LogP contribution in [0.1, 0.15) is 14.4 Å². The van der Waals surface area contributed by atoms with Crippen molar-refractivity contribution in [2.75, 3.05) is 24.3 Å². The van der Waals surface area contributed by atoms with Crippen molar-refractivity contribution < 1.29 is 19.4 Å². The van der Waals surface area contributed by atoms with Gasteiger partial charge in [-0.2, -0.15) is 0 Å². The van der Waals surface area contributed by atoms with Crippen molar-refractivity contribution in [3.05, 3.63) is 60.7 Å². The van der Waals surface area contributed by atoms with E-state index < -0.39 is 0 Å². The monoisotopic (exact) mass is 334 g/mol. The lowest BCUT2D eigenvalue weighted by atomic mass is 10.3. The van der Waals surface area contributed by atoms with Gasteiger partial charge in [-0.1, -0.05) is 49.9 Å². The number of amides is 1. The number of ether oxygens (including phenoxy) is 1. The minimum Gasteiger partial charge on any atom is -0.465 e. The zero-order valence-electron chi connectivity index (χ0n) is 13.0. The van der Waals surface area contributed by atoms with Crippen LogP contribution >= 0.6 is 0 Å². The standard InChI is InChI=1S/C8H10N2O.C6H6.C3H6O3.CH4/c1-6(11)10-8-4-2-3-7(9)5-8;1-2-4-6-5-3-1;4-1-2-6-3-5;/h2-5H,9H2,1H3,(H,10,11);1-6H;3-4H,1-2H2;1H4. The van der Waals surface area contributed by atoms with Gasteiger partial charge in [-0.25, -0.2) is 0 Å². The number of hydrogen-bond donors (Lipinski definition) is 3. The summed E-state index contributed by atoms with van der Waals surface area (Å²) in [4.78, 5) is 19.8. The van der Waals surface area contributed by atoms with E-state index in [4.69, 9.17) is 10.8 Å². The van der Waals surface area contributed by atoms with Crippen LogP contribution in [0.3, 0.4) is 0 Å². The Kier molecular flexibility index (Phi) is 16.1. The summed E-state index contributed by atoms with van der Waals surface area (Å²) in [5.41, 5.74) is 6.87. The van der Waals surface area contributed by atoms with E-state index in [1.54, 1.807) is 24.3 Å². The number of aliphatic hydroxyl groups is 1. The van der Waals surface area contributed by atoms with Gasteiger partial charge in [0.05, 0.1) is 6.61 Å². The van der Waals surface area contributed by atoms with Crippen LogP contribution in [0.15, 0.2) is 60.7 Å². The molecule has 0 bridgehead atoms. The number of rotatable bonds is 4. The Morgan fingerprint density at radius 3 is 2.04 bits per heavy atom. The molecule has 132 valence electrons. The topological polar surface area (TPSA) is 102 Å². The molecule has 0 aliphatic rings. The number of carbonyl (C=O) groups excluding carboxylic acids is 2. The number of aliphatic hydroxyl groups excluding tert-OH is 1. The predicted octanol–water partition coefficient (Wildman–Crippen LogP) is 2.70. The number of nitrogen functional groups attached to an aromatic ring is 1. The molecule has 6 nitrogen and oxygen atoms in total. The molecule has 0 fully saturated rings. The highest BCUT2D eigenvalue weighted by atomic mass is 16.5. The summed E-state index contributed by atoms with van der Waals surface area (Å²) >= 11 is 0. The second kappa shape index (κ2) is 16.5. The second-order valence-corrected chi connectivity index (χ2v) is 4.15. The van der Waals surface area contributed by atoms with Crippen molar-refractivity contribution in [1.29, 1.82) is 0 Å². The van der Waals surface area contributed by atoms with E-state index >= 15 is 0 Å². The Morgan fingerprint density at radius 1 is 1.17 bits per heavy atom. The van der Waals surface area contributed by atoms with Gasteiger partial charge in [0, 0.05) is 18.3 Å². The van der Waals surface area contributed by atoms with Crippen molar-refractivity contribution in [1.82, 2.24) is 0 Å². The minimum absolute atomic E-state index is 0. The maximum absolute atomic E-state index is 10.6. The van der Waals surface area contributed by atoms with E-state index in [1.165, 1.54) is 6.92 Å². The van der Waals surface area contributed by atoms with Gasteiger partial charge in [-0.05, 0) is 18.2 Å². The molecule has 0 aliphatic heterocycles. The molecule has 2 aromatic rings. The van der Waals surface area contributed by atoms with Crippen LogP contribution in [0.25, 0.3) is 0 Å². The third-order valence-corrected chi connectivity index (χ3v) is 2.15. The van der Waals surface area contributed by atoms with Crippen LogP contribution < -0.4 is 11.1 Å². The van der Waals surface area contributed by atoms with E-state index in [2.05, 4.69) is 10.1 Å². The SMILES string of the molecule is C.CC(=O)Nc1cccc(N)c1.O=COCCO.c1ccccc1. The first kappa shape index (κ1) is 23.4. The molecule has 0 saturated heterocycles. The fourth-order valence-corrected chi connectivity index (χ4v) is 1.31. The minimum atomic E-state index is -0.0985. The number of nitrogens with two attached hydrogens (primary N) is 1. The van der Waals surface area contributed by atoms with E-state index in [1.807, 2.05) is 36.4 Å². The highest BCUT2D eigenvalue weighted by molar-refractivity contribution is 5.89. The van der Waals surface area contributed by atoms with Crippen molar-refractivity contribution in [3.8, 4) is 0 Å². The largest absolute Gasteiger partial charge is 0.465 e. The van der Waals surface area contributed by atoms with Crippen molar-refractivity contribution >= 4 is 23.8 Å². The molecule has 0 radical (unpaired) electrons. The summed E-state index contributed by atoms with van der Waals surface area (Å²) in [7, 11) is 0. The molecule has 0 aliphatic carbocycles. The van der Waals surface area contributed by atoms with E-state index in [-0.39, 0.29) is 26.5 Å². The number of benzene rings is 2. The van der Waals surface area contributed by atoms with Crippen molar-refractivity contribution in [3.63, 3.8) is 0 Å². The first-order valence-corrected chi connectivity index (χ1v) is 6.89. The highest BCUT2D eigenvalue weighted by Gasteiger charge is 1.93. The van der Waals surface area contributed by atoms with Gasteiger partial charge in [0.1, 0.15) is 6.61 Å². The fraction of sp³-hybridized carbons (Fsp3) is 0.222. The smallest absolute Gasteiger partial charge is 0.293 e. The summed E-state index contributed by atoms with van der Waals surface area (Å²) in [6, 6.07) is 19.1. The Bertz CT molecular complexity index is 521. The molecule has 0 unspecified atom stereocenters. The van der Waals surface area contributed by atoms with Crippen LogP contribution in [0, 0.1) is 0 Å². The van der Waals surface area contributed by atoms with Gasteiger partial charge in [-0.3, -0.25) is 9.59 Å². The molecule has 0 saturated carbocycles. The lowest BCUT2D eigenvalue weighted by Crippen LogP contribution is -2.05. The average molecular weight is 334 g/mol. The van der Waals surface area contributed by atoms with Gasteiger partial charge in [0.2, 0.25) is 5.91 Å². The van der Waals surface area contributed by atoms with Crippen LogP contribution in [-0.4, -0.2) is 30.7 Å². The predicted molar refractivity (Wildman–Crippen MR) is 97.4 cm³/mol. The molecule has 0 atom stereocenters. The molecule has 1 amide bonds. The number of nitrogens with one attached hydrogen (secondary N) is 1. The number of carbonyl (C=O) groups is 2. The summed E-state index contributed by atoms with van der Waals surface area (Å²) in [6.45, 7) is 1.77. The van der Waals surface area contributed by atoms with Crippen LogP contribution in [0.2, 0.25) is 0 Å². The molecular weight excluding hydrogens is 308 g/mol. The molecule has 4 N–H and O–H groups in total. The Balaban J connectivity index is 0. The summed E-state index contributed by atoms with van der Waals surface area (Å²) in [5, 5.41) is 10.5. The normalized spacial score (nSPS) is 8.08. The van der Waals surface area contributed by atoms with Crippen molar-refractivity contribution in [2.45, 2.75) is 14.4 Å². The van der Waals surface area contributed by atoms with Gasteiger partial charge >= 0.3 is 0 Å². The first-order chi connectivity index (χ1) is 11.1. The summed E-state index contributed by atoms with van der Waals surface area (Å²) in [5.74, 6) is -0.0874. The quantitative estimate of drug-likeness (QED) is 0.453. The molecule has 0 heterocycles. The molecule has 6 heteroatoms. The Morgan fingerprint density at radius 2 is 1.71 bits per heavy atom. The molecule has 24 heavy (non-hydrogen) atoms. The molecule has 2 rings (SSSR count). The van der Waals surface area contributed by atoms with E-state index in [0.29, 0.717) is 12.2 Å². The van der Waals surface area contributed by atoms with Gasteiger partial charge in [0.15, 0.2) is 0 Å². The maximum atomic E-state index is 10.6. The van der Waals surface area contributed by atoms with Crippen molar-refractivity contribution in [2.24, 2.45) is 0 Å². The summed E-state index contributed by atoms with van der Waals surface area (Å²) < 4.78 is 4.05.